The summed E-state index contributed by atoms with van der Waals surface area (Å²) in [5, 5.41) is 7.74. The summed E-state index contributed by atoms with van der Waals surface area (Å²) < 4.78 is 0. The van der Waals surface area contributed by atoms with Gasteiger partial charge in [-0.05, 0) is 6.92 Å². The minimum atomic E-state index is -1.07. The van der Waals surface area contributed by atoms with E-state index in [-0.39, 0.29) is 18.9 Å². The third-order valence-corrected chi connectivity index (χ3v) is 0.232. The Labute approximate surface area is 54.1 Å². The SMILES string of the molecule is CC#CC(=O)O.[LiH]. The molecular weight excluding hydrogens is 87.0 g/mol. The molecule has 0 aromatic heterocycles. The van der Waals surface area contributed by atoms with Crippen LogP contribution in [-0.4, -0.2) is 29.9 Å². The Morgan fingerprint density at radius 3 is 2.14 bits per heavy atom. The van der Waals surface area contributed by atoms with Crippen molar-refractivity contribution in [3.05, 3.63) is 0 Å². The van der Waals surface area contributed by atoms with Gasteiger partial charge in [-0.1, -0.05) is 5.92 Å². The van der Waals surface area contributed by atoms with Gasteiger partial charge in [-0.15, -0.1) is 0 Å². The molecule has 0 rings (SSSR count). The van der Waals surface area contributed by atoms with Gasteiger partial charge >= 0.3 is 24.8 Å². The van der Waals surface area contributed by atoms with Crippen LogP contribution in [0.15, 0.2) is 0 Å². The first-order valence-corrected chi connectivity index (χ1v) is 1.43. The molecule has 1 N–H and O–H groups in total. The monoisotopic (exact) mass is 92.0 g/mol. The van der Waals surface area contributed by atoms with E-state index in [0.29, 0.717) is 0 Å². The van der Waals surface area contributed by atoms with Gasteiger partial charge in [0.15, 0.2) is 0 Å². The van der Waals surface area contributed by atoms with Crippen molar-refractivity contribution in [2.45, 2.75) is 6.92 Å². The van der Waals surface area contributed by atoms with Crippen LogP contribution in [0.3, 0.4) is 0 Å². The molecule has 0 atom stereocenters. The number of carbonyl (C=O) groups is 1. The second-order valence-electron chi connectivity index (χ2n) is 0.680. The first-order chi connectivity index (χ1) is 2.77. The van der Waals surface area contributed by atoms with E-state index >= 15 is 0 Å². The summed E-state index contributed by atoms with van der Waals surface area (Å²) in [6, 6.07) is 0. The van der Waals surface area contributed by atoms with E-state index in [2.05, 4.69) is 5.92 Å². The van der Waals surface area contributed by atoms with E-state index in [1.807, 2.05) is 5.92 Å². The van der Waals surface area contributed by atoms with Crippen LogP contribution in [0.4, 0.5) is 0 Å². The van der Waals surface area contributed by atoms with Crippen LogP contribution in [0, 0.1) is 11.8 Å². The normalized spacial score (nSPS) is 4.71. The molecule has 0 aliphatic carbocycles. The van der Waals surface area contributed by atoms with Gasteiger partial charge in [0.25, 0.3) is 0 Å². The van der Waals surface area contributed by atoms with E-state index in [4.69, 9.17) is 5.11 Å². The summed E-state index contributed by atoms with van der Waals surface area (Å²) in [7, 11) is 0. The molecule has 0 unspecified atom stereocenters. The summed E-state index contributed by atoms with van der Waals surface area (Å²) in [6.07, 6.45) is 0. The number of aliphatic carboxylic acids is 1. The predicted molar refractivity (Wildman–Crippen MR) is 28.2 cm³/mol. The molecule has 0 radical (unpaired) electrons. The fraction of sp³-hybridized carbons (Fsp3) is 0.250. The van der Waals surface area contributed by atoms with E-state index in [0.717, 1.165) is 0 Å². The first kappa shape index (κ1) is 9.80. The van der Waals surface area contributed by atoms with Gasteiger partial charge in [0.05, 0.1) is 0 Å². The maximum atomic E-state index is 9.43. The third-order valence-electron chi connectivity index (χ3n) is 0.232. The van der Waals surface area contributed by atoms with Crippen molar-refractivity contribution < 1.29 is 9.90 Å². The summed E-state index contributed by atoms with van der Waals surface area (Å²) in [4.78, 5) is 9.43. The third kappa shape index (κ3) is 10.7. The van der Waals surface area contributed by atoms with Crippen molar-refractivity contribution in [2.75, 3.05) is 0 Å². The van der Waals surface area contributed by atoms with Crippen LogP contribution in [0.1, 0.15) is 6.92 Å². The molecule has 0 aromatic carbocycles. The van der Waals surface area contributed by atoms with Gasteiger partial charge < -0.3 is 5.11 Å². The molecule has 0 fully saturated rings. The molecule has 2 nitrogen and oxygen atoms in total. The van der Waals surface area contributed by atoms with Crippen LogP contribution in [-0.2, 0) is 4.79 Å². The van der Waals surface area contributed by atoms with Crippen LogP contribution in [0.5, 0.6) is 0 Å². The van der Waals surface area contributed by atoms with Crippen molar-refractivity contribution in [3.63, 3.8) is 0 Å². The molecule has 0 saturated carbocycles. The molecule has 0 spiro atoms. The number of carboxylic acid groups (broad SMARTS) is 1. The van der Waals surface area contributed by atoms with Crippen molar-refractivity contribution >= 4 is 24.8 Å². The second-order valence-corrected chi connectivity index (χ2v) is 0.680. The molecule has 34 valence electrons. The Balaban J connectivity index is 0. The Bertz CT molecular complexity index is 109. The number of carboxylic acids is 1. The molecule has 7 heavy (non-hydrogen) atoms. The summed E-state index contributed by atoms with van der Waals surface area (Å²) in [5.74, 6) is 3.02. The van der Waals surface area contributed by atoms with Crippen LogP contribution in [0.25, 0.3) is 0 Å². The zero-order chi connectivity index (χ0) is 4.99. The molecule has 0 aliphatic heterocycles. The Morgan fingerprint density at radius 2 is 2.14 bits per heavy atom. The second kappa shape index (κ2) is 5.63. The number of hydrogen-bond acceptors (Lipinski definition) is 1. The van der Waals surface area contributed by atoms with Gasteiger partial charge in [0, 0.05) is 5.92 Å². The molecular formula is C4H5LiO2. The van der Waals surface area contributed by atoms with Gasteiger partial charge in [-0.2, -0.15) is 0 Å². The molecule has 0 amide bonds. The van der Waals surface area contributed by atoms with E-state index < -0.39 is 5.97 Å². The van der Waals surface area contributed by atoms with Crippen LogP contribution in [0.2, 0.25) is 0 Å². The molecule has 3 heteroatoms. The Morgan fingerprint density at radius 1 is 1.71 bits per heavy atom. The quantitative estimate of drug-likeness (QED) is 0.321. The van der Waals surface area contributed by atoms with Crippen molar-refractivity contribution in [1.29, 1.82) is 0 Å². The maximum absolute atomic E-state index is 9.43. The topological polar surface area (TPSA) is 37.3 Å². The van der Waals surface area contributed by atoms with Gasteiger partial charge in [0.1, 0.15) is 0 Å². The summed E-state index contributed by atoms with van der Waals surface area (Å²) >= 11 is 0. The zero-order valence-electron chi connectivity index (χ0n) is 3.36. The first-order valence-electron chi connectivity index (χ1n) is 1.43. The summed E-state index contributed by atoms with van der Waals surface area (Å²) in [6.45, 7) is 1.48. The van der Waals surface area contributed by atoms with Crippen molar-refractivity contribution in [1.82, 2.24) is 0 Å². The van der Waals surface area contributed by atoms with E-state index in [1.165, 1.54) is 6.92 Å². The Kier molecular flexibility index (Phi) is 7.88. The average Bonchev–Trinajstić information content (AvgIpc) is 1.35. The molecule has 0 aromatic rings. The van der Waals surface area contributed by atoms with Crippen molar-refractivity contribution in [3.8, 4) is 11.8 Å². The fourth-order valence-electron chi connectivity index (χ4n) is 0.107. The van der Waals surface area contributed by atoms with Gasteiger partial charge in [-0.25, -0.2) is 4.79 Å². The van der Waals surface area contributed by atoms with Gasteiger partial charge in [0.2, 0.25) is 0 Å². The average molecular weight is 92.0 g/mol. The predicted octanol–water partition coefficient (Wildman–Crippen LogP) is -0.554. The van der Waals surface area contributed by atoms with Crippen molar-refractivity contribution in [2.24, 2.45) is 0 Å². The molecule has 0 bridgehead atoms. The van der Waals surface area contributed by atoms with Crippen LogP contribution < -0.4 is 0 Å². The number of rotatable bonds is 0. The summed E-state index contributed by atoms with van der Waals surface area (Å²) in [5.41, 5.74) is 0. The molecule has 0 saturated heterocycles. The van der Waals surface area contributed by atoms with E-state index in [9.17, 15) is 4.79 Å². The Hall–Kier alpha value is -0.373. The molecule has 0 heterocycles. The fourth-order valence-corrected chi connectivity index (χ4v) is 0.107. The zero-order valence-corrected chi connectivity index (χ0v) is 3.36. The standard InChI is InChI=1S/C4H4O2.Li.H/c1-2-3-4(5)6;;/h1H3,(H,5,6);;. The van der Waals surface area contributed by atoms with Crippen LogP contribution >= 0.6 is 0 Å². The van der Waals surface area contributed by atoms with E-state index in [1.54, 1.807) is 0 Å². The van der Waals surface area contributed by atoms with Gasteiger partial charge in [-0.3, -0.25) is 0 Å². The molecule has 0 aliphatic rings. The number of hydrogen-bond donors (Lipinski definition) is 1. The minimum absolute atomic E-state index is 0.